The number of allylic oxidation sites excluding steroid dienone is 1. The first-order chi connectivity index (χ1) is 6.19. The largest absolute Gasteiger partial charge is 0.226 e. The summed E-state index contributed by atoms with van der Waals surface area (Å²) in [5, 5.41) is 0.783. The second-order valence-corrected chi connectivity index (χ2v) is 3.02. The van der Waals surface area contributed by atoms with Crippen molar-refractivity contribution in [3.05, 3.63) is 35.4 Å². The molecule has 1 heterocycles. The Morgan fingerprint density at radius 3 is 2.85 bits per heavy atom. The van der Waals surface area contributed by atoms with Crippen molar-refractivity contribution in [3.8, 4) is 0 Å². The fourth-order valence-corrected chi connectivity index (χ4v) is 1.15. The second-order valence-electron chi connectivity index (χ2n) is 2.28. The van der Waals surface area contributed by atoms with Crippen molar-refractivity contribution in [1.82, 2.24) is 9.97 Å². The number of nitrogens with zero attached hydrogens (tertiary/aromatic N) is 2. The third-order valence-electron chi connectivity index (χ3n) is 1.49. The summed E-state index contributed by atoms with van der Waals surface area (Å²) in [5.74, 6) is 0. The molecule has 0 unspecified atom stereocenters. The van der Waals surface area contributed by atoms with Crippen LogP contribution in [0, 0.1) is 0 Å². The molecule has 0 atom stereocenters. The van der Waals surface area contributed by atoms with E-state index >= 15 is 0 Å². The minimum absolute atomic E-state index is 0.194. The minimum Gasteiger partial charge on any atom is -0.226 e. The summed E-state index contributed by atoms with van der Waals surface area (Å²) in [6, 6.07) is 0. The standard InChI is InChI=1S/C9H8Cl2N2/c1-3-7(10)6-5-12-9(11)13-8(6)4-2/h3-5H,2H2,1H3. The first kappa shape index (κ1) is 10.2. The zero-order valence-corrected chi connectivity index (χ0v) is 8.60. The van der Waals surface area contributed by atoms with Crippen molar-refractivity contribution in [3.63, 3.8) is 0 Å². The van der Waals surface area contributed by atoms with Crippen molar-refractivity contribution in [2.45, 2.75) is 6.92 Å². The lowest BCUT2D eigenvalue weighted by atomic mass is 10.2. The van der Waals surface area contributed by atoms with Gasteiger partial charge >= 0.3 is 0 Å². The van der Waals surface area contributed by atoms with Crippen molar-refractivity contribution in [2.75, 3.05) is 0 Å². The predicted molar refractivity (Wildman–Crippen MR) is 56.6 cm³/mol. The Kier molecular flexibility index (Phi) is 3.46. The molecule has 1 rings (SSSR count). The maximum atomic E-state index is 5.92. The van der Waals surface area contributed by atoms with Gasteiger partial charge in [-0.3, -0.25) is 0 Å². The molecule has 0 aliphatic carbocycles. The number of hydrogen-bond acceptors (Lipinski definition) is 2. The highest BCUT2D eigenvalue weighted by molar-refractivity contribution is 6.48. The van der Waals surface area contributed by atoms with Crippen LogP contribution < -0.4 is 0 Å². The van der Waals surface area contributed by atoms with Crippen molar-refractivity contribution in [1.29, 1.82) is 0 Å². The average Bonchev–Trinajstić information content (AvgIpc) is 2.16. The predicted octanol–water partition coefficient (Wildman–Crippen LogP) is 3.37. The van der Waals surface area contributed by atoms with Gasteiger partial charge in [0.25, 0.3) is 0 Å². The molecule has 1 aromatic heterocycles. The fourth-order valence-electron chi connectivity index (χ4n) is 0.868. The van der Waals surface area contributed by atoms with E-state index in [9.17, 15) is 0 Å². The van der Waals surface area contributed by atoms with Gasteiger partial charge in [-0.1, -0.05) is 24.3 Å². The molecule has 0 bridgehead atoms. The van der Waals surface area contributed by atoms with Crippen molar-refractivity contribution < 1.29 is 0 Å². The van der Waals surface area contributed by atoms with E-state index in [-0.39, 0.29) is 5.28 Å². The van der Waals surface area contributed by atoms with Crippen LogP contribution in [-0.2, 0) is 0 Å². The summed E-state index contributed by atoms with van der Waals surface area (Å²) in [7, 11) is 0. The van der Waals surface area contributed by atoms with Crippen LogP contribution in [0.5, 0.6) is 0 Å². The highest BCUT2D eigenvalue weighted by Crippen LogP contribution is 2.22. The molecule has 4 heteroatoms. The lowest BCUT2D eigenvalue weighted by molar-refractivity contribution is 1.14. The SMILES string of the molecule is C=Cc1nc(Cl)ncc1C(Cl)=CC. The number of halogens is 2. The van der Waals surface area contributed by atoms with Gasteiger partial charge in [-0.05, 0) is 24.6 Å². The average molecular weight is 215 g/mol. The number of hydrogen-bond donors (Lipinski definition) is 0. The molecule has 13 heavy (non-hydrogen) atoms. The molecule has 0 aliphatic rings. The quantitative estimate of drug-likeness (QED) is 0.706. The highest BCUT2D eigenvalue weighted by atomic mass is 35.5. The van der Waals surface area contributed by atoms with E-state index in [0.29, 0.717) is 10.7 Å². The van der Waals surface area contributed by atoms with Gasteiger partial charge < -0.3 is 0 Å². The zero-order valence-electron chi connectivity index (χ0n) is 7.09. The van der Waals surface area contributed by atoms with Gasteiger partial charge in [-0.25, -0.2) is 9.97 Å². The Morgan fingerprint density at radius 2 is 2.31 bits per heavy atom. The molecule has 0 aliphatic heterocycles. The van der Waals surface area contributed by atoms with E-state index in [1.165, 1.54) is 0 Å². The molecule has 0 radical (unpaired) electrons. The number of rotatable bonds is 2. The Labute approximate surface area is 86.9 Å². The zero-order chi connectivity index (χ0) is 9.84. The normalized spacial score (nSPS) is 11.5. The lowest BCUT2D eigenvalue weighted by Gasteiger charge is -2.02. The summed E-state index contributed by atoms with van der Waals surface area (Å²) in [5.41, 5.74) is 1.38. The third kappa shape index (κ3) is 2.29. The molecule has 0 amide bonds. The Hall–Kier alpha value is -0.860. The molecule has 2 nitrogen and oxygen atoms in total. The van der Waals surface area contributed by atoms with Gasteiger partial charge in [-0.15, -0.1) is 0 Å². The molecule has 0 saturated heterocycles. The van der Waals surface area contributed by atoms with Gasteiger partial charge in [0.05, 0.1) is 5.69 Å². The van der Waals surface area contributed by atoms with Gasteiger partial charge in [-0.2, -0.15) is 0 Å². The Bertz CT molecular complexity index is 359. The topological polar surface area (TPSA) is 25.8 Å². The van der Waals surface area contributed by atoms with E-state index in [1.807, 2.05) is 6.92 Å². The summed E-state index contributed by atoms with van der Waals surface area (Å²) in [4.78, 5) is 7.81. The van der Waals surface area contributed by atoms with Crippen molar-refractivity contribution >= 4 is 34.3 Å². The summed E-state index contributed by atoms with van der Waals surface area (Å²) >= 11 is 11.5. The Morgan fingerprint density at radius 1 is 1.62 bits per heavy atom. The van der Waals surface area contributed by atoms with Gasteiger partial charge in [0.15, 0.2) is 0 Å². The van der Waals surface area contributed by atoms with E-state index in [4.69, 9.17) is 23.2 Å². The smallest absolute Gasteiger partial charge is 0.222 e. The Balaban J connectivity index is 3.29. The molecule has 0 spiro atoms. The van der Waals surface area contributed by atoms with E-state index in [2.05, 4.69) is 16.5 Å². The molecule has 68 valence electrons. The van der Waals surface area contributed by atoms with Crippen LogP contribution in [0.2, 0.25) is 5.28 Å². The fraction of sp³-hybridized carbons (Fsp3) is 0.111. The van der Waals surface area contributed by atoms with Crippen LogP contribution >= 0.6 is 23.2 Å². The molecule has 1 aromatic rings. The molecular formula is C9H8Cl2N2. The third-order valence-corrected chi connectivity index (χ3v) is 2.10. The maximum absolute atomic E-state index is 5.92. The first-order valence-electron chi connectivity index (χ1n) is 3.66. The summed E-state index contributed by atoms with van der Waals surface area (Å²) in [6.07, 6.45) is 4.94. The minimum atomic E-state index is 0.194. The molecule has 0 N–H and O–H groups in total. The van der Waals surface area contributed by atoms with Crippen LogP contribution in [0.25, 0.3) is 11.1 Å². The van der Waals surface area contributed by atoms with Crippen molar-refractivity contribution in [2.24, 2.45) is 0 Å². The number of aromatic nitrogens is 2. The van der Waals surface area contributed by atoms with E-state index < -0.39 is 0 Å². The highest BCUT2D eigenvalue weighted by Gasteiger charge is 2.05. The van der Waals surface area contributed by atoms with Gasteiger partial charge in [0.1, 0.15) is 0 Å². The summed E-state index contributed by atoms with van der Waals surface area (Å²) in [6.45, 7) is 5.45. The van der Waals surface area contributed by atoms with Crippen LogP contribution in [0.3, 0.4) is 0 Å². The monoisotopic (exact) mass is 214 g/mol. The molecular weight excluding hydrogens is 207 g/mol. The van der Waals surface area contributed by atoms with E-state index in [0.717, 1.165) is 5.56 Å². The van der Waals surface area contributed by atoms with Crippen LogP contribution in [0.15, 0.2) is 18.9 Å². The van der Waals surface area contributed by atoms with Crippen LogP contribution in [0.1, 0.15) is 18.2 Å². The van der Waals surface area contributed by atoms with Crippen LogP contribution in [-0.4, -0.2) is 9.97 Å². The second kappa shape index (κ2) is 4.40. The molecule has 0 saturated carbocycles. The van der Waals surface area contributed by atoms with E-state index in [1.54, 1.807) is 18.3 Å². The lowest BCUT2D eigenvalue weighted by Crippen LogP contribution is -1.92. The summed E-state index contributed by atoms with van der Waals surface area (Å²) < 4.78 is 0. The molecule has 0 fully saturated rings. The maximum Gasteiger partial charge on any atom is 0.222 e. The van der Waals surface area contributed by atoms with Crippen LogP contribution in [0.4, 0.5) is 0 Å². The van der Waals surface area contributed by atoms with Gasteiger partial charge in [0, 0.05) is 16.8 Å². The first-order valence-corrected chi connectivity index (χ1v) is 4.41. The van der Waals surface area contributed by atoms with Gasteiger partial charge in [0.2, 0.25) is 5.28 Å². The molecule has 0 aromatic carbocycles.